The Kier molecular flexibility index (Phi) is 39.6. The third-order valence-electron chi connectivity index (χ3n) is 15.4. The summed E-state index contributed by atoms with van der Waals surface area (Å²) in [5.74, 6) is -0.891. The van der Waals surface area contributed by atoms with E-state index in [-0.39, 0.29) is 18.7 Å². The molecule has 0 atom stereocenters. The topological polar surface area (TPSA) is 276 Å². The van der Waals surface area contributed by atoms with Crippen molar-refractivity contribution in [3.05, 3.63) is 248 Å². The molecular formula is C65H60B21N12O9S3. The van der Waals surface area contributed by atoms with Crippen molar-refractivity contribution in [1.29, 1.82) is 0 Å². The number of carbonyl (C=O) groups is 2. The summed E-state index contributed by atoms with van der Waals surface area (Å²) in [5.41, 5.74) is 57.5. The van der Waals surface area contributed by atoms with Gasteiger partial charge in [0.15, 0.2) is 0 Å². The minimum absolute atomic E-state index is 0.000833. The summed E-state index contributed by atoms with van der Waals surface area (Å²) in [7, 11) is 58.7. The second-order valence-electron chi connectivity index (χ2n) is 24.4. The van der Waals surface area contributed by atoms with Gasteiger partial charge in [-0.05, 0) is 177 Å². The minimum Gasteiger partial charge on any atom is -0.481 e. The van der Waals surface area contributed by atoms with E-state index < -0.39 is 93.5 Å². The number of nitrogens with zero attached hydrogens (tertiary/aromatic N) is 7. The second-order valence-corrected chi connectivity index (χ2v) is 29.6. The molecule has 0 spiro atoms. The molecule has 9 rings (SSSR count). The third kappa shape index (κ3) is 35.1. The number of hydrogen-bond acceptors (Lipinski definition) is 13. The number of hydrogen-bond donors (Lipinski definition) is 6. The highest BCUT2D eigenvalue weighted by atomic mass is 32.2. The molecular weight excluding hydrogens is 1420 g/mol. The lowest BCUT2D eigenvalue weighted by molar-refractivity contribution is -0.136. The number of carbonyl (C=O) groups excluding carboxylic acids is 1. The molecule has 0 aliphatic carbocycles. The van der Waals surface area contributed by atoms with Gasteiger partial charge in [0.25, 0.3) is 0 Å². The first kappa shape index (κ1) is 92.4. The first-order valence-corrected chi connectivity index (χ1v) is 38.8. The number of carboxylic acid groups (broad SMARTS) is 1. The Labute approximate surface area is 664 Å². The molecule has 0 saturated heterocycles. The van der Waals surface area contributed by atoms with Crippen LogP contribution in [0.1, 0.15) is 33.8 Å². The predicted octanol–water partition coefficient (Wildman–Crippen LogP) is -0.865. The van der Waals surface area contributed by atoms with Crippen molar-refractivity contribution in [3.63, 3.8) is 0 Å². The Bertz CT molecular complexity index is 5220. The van der Waals surface area contributed by atoms with Crippen LogP contribution < -0.4 is 29.3 Å². The number of aryl methyl sites for hydroxylation is 2. The normalized spacial score (nSPS) is 10.8. The van der Waals surface area contributed by atoms with E-state index in [0.29, 0.717) is 29.3 Å². The second kappa shape index (κ2) is 47.2. The van der Waals surface area contributed by atoms with Crippen molar-refractivity contribution in [3.8, 4) is 0 Å². The average molecular weight is 1480 g/mol. The van der Waals surface area contributed by atoms with Gasteiger partial charge in [0.2, 0.25) is 36.0 Å². The smallest absolute Gasteiger partial charge is 0.309 e. The lowest BCUT2D eigenvalue weighted by Crippen LogP contribution is -2.81. The van der Waals surface area contributed by atoms with E-state index in [2.05, 4.69) is 166 Å². The predicted molar refractivity (Wildman–Crippen MR) is 461 cm³/mol. The summed E-state index contributed by atoms with van der Waals surface area (Å²) in [6.07, 6.45) is 10.8. The van der Waals surface area contributed by atoms with Gasteiger partial charge in [0, 0.05) is 243 Å². The van der Waals surface area contributed by atoms with Gasteiger partial charge in [-0.15, -0.1) is 0 Å². The van der Waals surface area contributed by atoms with E-state index in [1.54, 1.807) is 64.5 Å². The van der Waals surface area contributed by atoms with Crippen LogP contribution in [0.15, 0.2) is 214 Å². The fraction of sp³-hybridized carbons (Fsp3) is 0.231. The zero-order valence-corrected chi connectivity index (χ0v) is 63.8. The van der Waals surface area contributed by atoms with Crippen molar-refractivity contribution >= 4 is 226 Å². The number of amides is 1. The molecule has 23 radical (unpaired) electrons. The molecule has 515 valence electrons. The molecule has 6 N–H and O–H groups in total. The Morgan fingerprint density at radius 1 is 0.555 bits per heavy atom. The van der Waals surface area contributed by atoms with Crippen LogP contribution in [0, 0.1) is 0 Å². The Morgan fingerprint density at radius 3 is 1.35 bits per heavy atom. The zero-order valence-electron chi connectivity index (χ0n) is 61.3. The number of aromatic nitrogens is 6. The molecule has 45 heteroatoms. The number of H-pyrrole nitrogens is 1. The molecule has 0 fully saturated rings. The summed E-state index contributed by atoms with van der Waals surface area (Å²) in [6, 6.07) is 16.6. The van der Waals surface area contributed by atoms with Crippen LogP contribution >= 0.6 is 0 Å². The van der Waals surface area contributed by atoms with Gasteiger partial charge in [-0.1, -0.05) is 29.7 Å². The maximum atomic E-state index is 12.5. The molecule has 110 heavy (non-hydrogen) atoms. The highest BCUT2D eigenvalue weighted by Crippen LogP contribution is 2.33. The molecule has 6 heterocycles. The molecule has 1 amide bonds. The summed E-state index contributed by atoms with van der Waals surface area (Å²) in [6.45, 7) is 9.98. The van der Waals surface area contributed by atoms with E-state index in [4.69, 9.17) is 90.2 Å². The molecule has 0 saturated carbocycles. The van der Waals surface area contributed by atoms with Gasteiger partial charge in [-0.25, -0.2) is 40.2 Å². The van der Waals surface area contributed by atoms with Gasteiger partial charge >= 0.3 is 5.97 Å². The van der Waals surface area contributed by atoms with E-state index in [9.17, 15) is 34.8 Å². The molecule has 3 aliphatic rings. The number of rotatable bonds is 22. The van der Waals surface area contributed by atoms with Crippen LogP contribution in [0.3, 0.4) is 0 Å². The quantitative estimate of drug-likeness (QED) is 0.0357. The number of fused-ring (bicyclic) bond motifs is 3. The molecule has 0 bridgehead atoms. The largest absolute Gasteiger partial charge is 0.481 e. The van der Waals surface area contributed by atoms with Gasteiger partial charge in [-0.3, -0.25) is 23.8 Å². The lowest BCUT2D eigenvalue weighted by atomic mass is 8.38. The van der Waals surface area contributed by atoms with Crippen molar-refractivity contribution in [1.82, 2.24) is 29.1 Å². The number of imidazole rings is 3. The Balaban J connectivity index is 0.000000283. The summed E-state index contributed by atoms with van der Waals surface area (Å²) < 4.78 is 78.2. The Morgan fingerprint density at radius 2 is 0.964 bits per heavy atom. The van der Waals surface area contributed by atoms with Crippen molar-refractivity contribution in [2.24, 2.45) is 14.1 Å². The summed E-state index contributed by atoms with van der Waals surface area (Å²) in [5, 5.41) is 11.5. The number of aromatic amines is 1. The molecule has 6 aromatic rings. The number of nitrogens with one attached hydrogen (secondary N) is 5. The van der Waals surface area contributed by atoms with Crippen molar-refractivity contribution in [2.45, 2.75) is 38.5 Å². The monoisotopic (exact) mass is 1480 g/mol. The number of benzene rings is 3. The van der Waals surface area contributed by atoms with Gasteiger partial charge in [0.1, 0.15) is 0 Å². The van der Waals surface area contributed by atoms with Gasteiger partial charge in [-0.2, -0.15) is 0 Å². The van der Waals surface area contributed by atoms with E-state index in [0.717, 1.165) is 98.1 Å². The van der Waals surface area contributed by atoms with Crippen LogP contribution in [0.5, 0.6) is 0 Å². The third-order valence-corrected chi connectivity index (χ3v) is 17.2. The first-order valence-electron chi connectivity index (χ1n) is 33.2. The maximum absolute atomic E-state index is 12.5. The molecule has 21 nitrogen and oxygen atoms in total. The molecule has 3 aliphatic heterocycles. The fourth-order valence-corrected chi connectivity index (χ4v) is 12.7. The number of aliphatic carboxylic acids is 1. The van der Waals surface area contributed by atoms with Crippen LogP contribution in [-0.4, -0.2) is 266 Å². The molecule has 0 unspecified atom stereocenters. The fourth-order valence-electron chi connectivity index (χ4n) is 11.0. The van der Waals surface area contributed by atoms with E-state index in [1.807, 2.05) is 55.8 Å². The van der Waals surface area contributed by atoms with Crippen LogP contribution in [-0.2, 0) is 92.3 Å². The Hall–Kier alpha value is -10.00. The highest BCUT2D eigenvalue weighted by molar-refractivity contribution is 8.20. The zero-order chi connectivity index (χ0) is 81.6. The number of anilines is 6. The van der Waals surface area contributed by atoms with Crippen LogP contribution in [0.2, 0.25) is 0 Å². The minimum atomic E-state index is -3.34. The van der Waals surface area contributed by atoms with Gasteiger partial charge in [0.05, 0.1) is 79.0 Å². The van der Waals surface area contributed by atoms with Crippen LogP contribution in [0.25, 0.3) is 0 Å². The van der Waals surface area contributed by atoms with E-state index in [1.165, 1.54) is 18.2 Å². The standard InChI is InChI=1S/C21H4.C15H18N4O3S.C14H18N4O2S.C9H12N2O2S.C6H8N2O2.B21/c1-3-5-7-9-11-13-15-17-19-21-20-18-16-14-12-10-8-6-4-2;1-18-9-13(16-10-18)8-15(20)19-6-5-11-3-4-12(7-14(11)19)17-23(2,21)22;1-21(19,20)17-12-3-2-11-4-6-18(14(11)8-12)7-5-13-9-15-10-16-13;1-14(12,13)11-8-3-2-7-4-5-10-9(7)6-8;1-8-3-5(7-4-8)2-6(9)10;1-12-18(13(2)3)21(19(14(4)5)15(6)7)20(16(8)9)17(10)11/h1-2H2;3-4,7,9-10,17H,5-6,8H2,1-2H3;2-3,8-10,17H,4-7H2,1H3,(H,15,16);2-3,6,10-11H,4-5H2,1H3;3-4H,2H2,1H3,(H,9,10);. The maximum Gasteiger partial charge on any atom is 0.309 e. The number of sulfonamides is 3. The summed E-state index contributed by atoms with van der Waals surface area (Å²) in [4.78, 5) is 41.7. The summed E-state index contributed by atoms with van der Waals surface area (Å²) >= 11 is 0. The molecule has 3 aromatic heterocycles. The van der Waals surface area contributed by atoms with Crippen LogP contribution in [0.4, 0.5) is 34.1 Å². The van der Waals surface area contributed by atoms with Crippen molar-refractivity contribution < 1.29 is 39.9 Å². The van der Waals surface area contributed by atoms with E-state index >= 15 is 0 Å². The van der Waals surface area contributed by atoms with Gasteiger partial charge < -0.3 is 34.3 Å². The average Bonchev–Trinajstić information content (AvgIpc) is 0.936. The van der Waals surface area contributed by atoms with Crippen molar-refractivity contribution in [2.75, 3.05) is 74.2 Å². The highest BCUT2D eigenvalue weighted by Gasteiger charge is 2.45. The SMILES string of the molecule is C=C=C=C=C=C=C=C=C=C=C=C=C=C=C=C=C=C=C=C=C.CS(=O)(=O)Nc1ccc2c(c1)N(CCc1cnc[nH]1)CC2.CS(=O)(=O)Nc1ccc2c(c1)NCC2.Cn1cnc(CC(=O)N2CCc3ccc(NS(C)(=O)=O)cc32)c1.Cn1cnc(CC(=O)O)c1.[B][B]B(B([B])[B])B(B(B([B])[B])B([B])[B])B(B([B])[B])B([B])[B]. The lowest BCUT2D eigenvalue weighted by Gasteiger charge is -2.43. The molecule has 3 aromatic carbocycles. The number of carboxylic acids is 1. The first-order chi connectivity index (χ1) is 52.0.